The van der Waals surface area contributed by atoms with Crippen molar-refractivity contribution in [1.29, 1.82) is 0 Å². The highest BCUT2D eigenvalue weighted by molar-refractivity contribution is 6.31. The number of halogens is 2. The van der Waals surface area contributed by atoms with Crippen LogP contribution in [0.15, 0.2) is 84.9 Å². The first-order valence-corrected chi connectivity index (χ1v) is 11.0. The molecule has 0 amide bonds. The molecule has 0 atom stereocenters. The van der Waals surface area contributed by atoms with Gasteiger partial charge in [-0.1, -0.05) is 77.8 Å². The zero-order valence-electron chi connectivity index (χ0n) is 17.0. The summed E-state index contributed by atoms with van der Waals surface area (Å²) >= 11 is 12.2. The summed E-state index contributed by atoms with van der Waals surface area (Å²) in [6, 6.07) is 27.9. The highest BCUT2D eigenvalue weighted by atomic mass is 35.5. The van der Waals surface area contributed by atoms with Gasteiger partial charge in [0.25, 0.3) is 0 Å². The second-order valence-electron chi connectivity index (χ2n) is 7.48. The van der Waals surface area contributed by atoms with Crippen LogP contribution in [0.5, 0.6) is 0 Å². The normalized spacial score (nSPS) is 11.8. The highest BCUT2D eigenvalue weighted by Crippen LogP contribution is 2.20. The minimum absolute atomic E-state index is 0.689. The van der Waals surface area contributed by atoms with Crippen molar-refractivity contribution < 1.29 is 0 Å². The average Bonchev–Trinajstić information content (AvgIpc) is 2.81. The summed E-state index contributed by atoms with van der Waals surface area (Å²) in [4.78, 5) is 9.36. The van der Waals surface area contributed by atoms with Gasteiger partial charge in [-0.05, 0) is 65.7 Å². The third-order valence-electron chi connectivity index (χ3n) is 5.16. The zero-order valence-corrected chi connectivity index (χ0v) is 18.6. The van der Waals surface area contributed by atoms with Crippen LogP contribution < -0.4 is 0 Å². The van der Waals surface area contributed by atoms with E-state index in [-0.39, 0.29) is 0 Å². The first kappa shape index (κ1) is 20.4. The number of fused-ring (bicyclic) bond motifs is 2. The van der Waals surface area contributed by atoms with Gasteiger partial charge in [0, 0.05) is 20.8 Å². The van der Waals surface area contributed by atoms with Crippen LogP contribution in [0.2, 0.25) is 10.0 Å². The summed E-state index contributed by atoms with van der Waals surface area (Å²) in [5.74, 6) is 0. The van der Waals surface area contributed by atoms with Gasteiger partial charge in [-0.25, -0.2) is 9.97 Å². The summed E-state index contributed by atoms with van der Waals surface area (Å²) in [6.45, 7) is 0. The maximum absolute atomic E-state index is 6.10. The van der Waals surface area contributed by atoms with Gasteiger partial charge < -0.3 is 0 Å². The van der Waals surface area contributed by atoms with E-state index in [1.165, 1.54) is 0 Å². The van der Waals surface area contributed by atoms with Crippen LogP contribution in [0.4, 0.5) is 0 Å². The summed E-state index contributed by atoms with van der Waals surface area (Å²) in [7, 11) is 0. The van der Waals surface area contributed by atoms with E-state index in [1.807, 2.05) is 66.7 Å². The van der Waals surface area contributed by atoms with Crippen LogP contribution in [0.25, 0.3) is 46.1 Å². The fraction of sp³-hybridized carbons (Fsp3) is 0. The monoisotopic (exact) mass is 452 g/mol. The van der Waals surface area contributed by atoms with Crippen LogP contribution in [-0.2, 0) is 0 Å². The fourth-order valence-electron chi connectivity index (χ4n) is 3.53. The first-order chi connectivity index (χ1) is 15.6. The Kier molecular flexibility index (Phi) is 5.72. The summed E-state index contributed by atoms with van der Waals surface area (Å²) < 4.78 is 0. The van der Waals surface area contributed by atoms with Crippen LogP contribution in [0, 0.1) is 0 Å². The topological polar surface area (TPSA) is 25.8 Å². The molecule has 0 saturated carbocycles. The van der Waals surface area contributed by atoms with Crippen molar-refractivity contribution in [3.8, 4) is 0 Å². The molecule has 4 heteroatoms. The minimum atomic E-state index is 0.689. The highest BCUT2D eigenvalue weighted by Gasteiger charge is 1.99. The van der Waals surface area contributed by atoms with Crippen molar-refractivity contribution in [3.05, 3.63) is 117 Å². The van der Waals surface area contributed by atoms with E-state index < -0.39 is 0 Å². The van der Waals surface area contributed by atoms with E-state index in [0.29, 0.717) is 10.0 Å². The number of hydrogen-bond donors (Lipinski definition) is 0. The van der Waals surface area contributed by atoms with Gasteiger partial charge in [0.05, 0.1) is 22.4 Å². The Hall–Kier alpha value is -3.46. The molecule has 0 aliphatic carbocycles. The molecule has 0 N–H and O–H groups in total. The Morgan fingerprint density at radius 2 is 0.969 bits per heavy atom. The van der Waals surface area contributed by atoms with Gasteiger partial charge in [-0.3, -0.25) is 0 Å². The molecule has 0 radical (unpaired) electrons. The van der Waals surface area contributed by atoms with E-state index in [0.717, 1.165) is 44.3 Å². The Labute approximate surface area is 196 Å². The van der Waals surface area contributed by atoms with Crippen LogP contribution in [0.3, 0.4) is 0 Å². The molecule has 32 heavy (non-hydrogen) atoms. The summed E-state index contributed by atoms with van der Waals surface area (Å²) in [6.07, 6.45) is 8.15. The van der Waals surface area contributed by atoms with Crippen molar-refractivity contribution in [1.82, 2.24) is 9.97 Å². The lowest BCUT2D eigenvalue weighted by atomic mass is 10.1. The first-order valence-electron chi connectivity index (χ1n) is 10.2. The third kappa shape index (κ3) is 4.72. The lowest BCUT2D eigenvalue weighted by Gasteiger charge is -2.01. The van der Waals surface area contributed by atoms with Crippen molar-refractivity contribution >= 4 is 69.3 Å². The molecule has 5 rings (SSSR count). The quantitative estimate of drug-likeness (QED) is 0.273. The minimum Gasteiger partial charge on any atom is -0.248 e. The number of aromatic nitrogens is 2. The standard InChI is InChI=1S/C28H18Cl2N2/c29-23-10-6-21-8-14-25(31-27(21)17-23)12-4-19-2-1-3-20(16-19)5-13-26-15-9-22-7-11-24(30)18-28(22)32-26/h1-18H. The van der Waals surface area contributed by atoms with Gasteiger partial charge in [-0.2, -0.15) is 0 Å². The Bertz CT molecular complexity index is 1390. The third-order valence-corrected chi connectivity index (χ3v) is 5.63. The molecular formula is C28H18Cl2N2. The molecule has 0 fully saturated rings. The van der Waals surface area contributed by atoms with Gasteiger partial charge in [0.1, 0.15) is 0 Å². The number of pyridine rings is 2. The smallest absolute Gasteiger partial charge is 0.0724 e. The van der Waals surface area contributed by atoms with Crippen molar-refractivity contribution in [3.63, 3.8) is 0 Å². The van der Waals surface area contributed by atoms with E-state index in [9.17, 15) is 0 Å². The molecule has 0 spiro atoms. The van der Waals surface area contributed by atoms with Crippen molar-refractivity contribution in [2.75, 3.05) is 0 Å². The van der Waals surface area contributed by atoms with Gasteiger partial charge in [-0.15, -0.1) is 0 Å². The lowest BCUT2D eigenvalue weighted by molar-refractivity contribution is 1.37. The molecule has 3 aromatic carbocycles. The second-order valence-corrected chi connectivity index (χ2v) is 8.36. The molecule has 0 aliphatic heterocycles. The van der Waals surface area contributed by atoms with E-state index in [2.05, 4.69) is 52.5 Å². The van der Waals surface area contributed by atoms with Gasteiger partial charge in [0.15, 0.2) is 0 Å². The summed E-state index contributed by atoms with van der Waals surface area (Å²) in [5.41, 5.74) is 5.75. The number of nitrogens with zero attached hydrogens (tertiary/aromatic N) is 2. The molecule has 2 nitrogen and oxygen atoms in total. The van der Waals surface area contributed by atoms with E-state index in [4.69, 9.17) is 23.2 Å². The van der Waals surface area contributed by atoms with Gasteiger partial charge in [0.2, 0.25) is 0 Å². The van der Waals surface area contributed by atoms with Gasteiger partial charge >= 0.3 is 0 Å². The number of rotatable bonds is 4. The second kappa shape index (κ2) is 8.96. The van der Waals surface area contributed by atoms with Crippen LogP contribution >= 0.6 is 23.2 Å². The van der Waals surface area contributed by atoms with Crippen LogP contribution in [0.1, 0.15) is 22.5 Å². The maximum Gasteiger partial charge on any atom is 0.0724 e. The molecule has 0 unspecified atom stereocenters. The van der Waals surface area contributed by atoms with Crippen molar-refractivity contribution in [2.45, 2.75) is 0 Å². The molecule has 5 aromatic rings. The molecular weight excluding hydrogens is 435 g/mol. The predicted octanol–water partition coefficient (Wildman–Crippen LogP) is 8.43. The maximum atomic E-state index is 6.10. The van der Waals surface area contributed by atoms with Crippen molar-refractivity contribution in [2.24, 2.45) is 0 Å². The molecule has 2 heterocycles. The molecule has 0 aliphatic rings. The molecule has 0 saturated heterocycles. The van der Waals surface area contributed by atoms with E-state index in [1.54, 1.807) is 0 Å². The Morgan fingerprint density at radius 3 is 1.47 bits per heavy atom. The van der Waals surface area contributed by atoms with Crippen LogP contribution in [-0.4, -0.2) is 9.97 Å². The largest absolute Gasteiger partial charge is 0.248 e. The Morgan fingerprint density at radius 1 is 0.500 bits per heavy atom. The summed E-state index contributed by atoms with van der Waals surface area (Å²) in [5, 5.41) is 3.52. The fourth-order valence-corrected chi connectivity index (χ4v) is 3.86. The predicted molar refractivity (Wildman–Crippen MR) is 138 cm³/mol. The molecule has 154 valence electrons. The SMILES string of the molecule is Clc1ccc2ccc(C=Cc3cccc(C=Cc4ccc5ccc(Cl)cc5n4)c3)nc2c1. The lowest BCUT2D eigenvalue weighted by Crippen LogP contribution is -1.84. The molecule has 0 bridgehead atoms. The van der Waals surface area contributed by atoms with E-state index >= 15 is 0 Å². The molecule has 2 aromatic heterocycles. The number of hydrogen-bond acceptors (Lipinski definition) is 2. The Balaban J connectivity index is 1.36. The average molecular weight is 453 g/mol. The zero-order chi connectivity index (χ0) is 21.9. The number of benzene rings is 3.